The van der Waals surface area contributed by atoms with Crippen molar-refractivity contribution in [2.24, 2.45) is 0 Å². The third-order valence-corrected chi connectivity index (χ3v) is 1.75. The first kappa shape index (κ1) is 6.01. The third-order valence-electron chi connectivity index (χ3n) is 1.20. The number of furan rings is 1. The molecular weight excluding hydrogens is 155 g/mol. The van der Waals surface area contributed by atoms with Gasteiger partial charge in [0.2, 0.25) is 14.8 Å². The van der Waals surface area contributed by atoms with Crippen LogP contribution in [0.1, 0.15) is 5.76 Å². The SMILES string of the molecule is Oc1coc2c1OPOC2. The molecule has 1 N–H and O–H groups in total. The van der Waals surface area contributed by atoms with Crippen molar-refractivity contribution in [3.63, 3.8) is 0 Å². The van der Waals surface area contributed by atoms with Gasteiger partial charge in [0.25, 0.3) is 0 Å². The maximum atomic E-state index is 9.03. The van der Waals surface area contributed by atoms with E-state index in [1.165, 1.54) is 6.26 Å². The molecule has 1 aromatic rings. The first-order valence-corrected chi connectivity index (χ1v) is 3.52. The van der Waals surface area contributed by atoms with Crippen molar-refractivity contribution in [2.75, 3.05) is 0 Å². The average Bonchev–Trinajstić information content (AvgIpc) is 2.34. The molecule has 0 radical (unpaired) electrons. The minimum Gasteiger partial charge on any atom is -0.502 e. The van der Waals surface area contributed by atoms with Gasteiger partial charge in [-0.05, 0) is 0 Å². The van der Waals surface area contributed by atoms with Gasteiger partial charge in [-0.2, -0.15) is 0 Å². The van der Waals surface area contributed by atoms with Crippen molar-refractivity contribution < 1.29 is 18.6 Å². The van der Waals surface area contributed by atoms with E-state index in [9.17, 15) is 0 Å². The van der Waals surface area contributed by atoms with E-state index in [1.54, 1.807) is 0 Å². The second-order valence-electron chi connectivity index (χ2n) is 1.85. The summed E-state index contributed by atoms with van der Waals surface area (Å²) < 4.78 is 14.8. The maximum absolute atomic E-state index is 9.03. The molecule has 2 heterocycles. The first-order valence-electron chi connectivity index (χ1n) is 2.71. The Hall–Kier alpha value is -0.730. The summed E-state index contributed by atoms with van der Waals surface area (Å²) in [5.74, 6) is 1.02. The van der Waals surface area contributed by atoms with E-state index < -0.39 is 0 Å². The van der Waals surface area contributed by atoms with Gasteiger partial charge >= 0.3 is 0 Å². The van der Waals surface area contributed by atoms with Gasteiger partial charge in [-0.15, -0.1) is 0 Å². The van der Waals surface area contributed by atoms with Crippen LogP contribution in [0.2, 0.25) is 0 Å². The lowest BCUT2D eigenvalue weighted by atomic mass is 10.4. The molecule has 0 aliphatic carbocycles. The van der Waals surface area contributed by atoms with Gasteiger partial charge in [-0.1, -0.05) is 0 Å². The highest BCUT2D eigenvalue weighted by atomic mass is 31.1. The Morgan fingerprint density at radius 1 is 1.60 bits per heavy atom. The summed E-state index contributed by atoms with van der Waals surface area (Å²) in [6, 6.07) is 0. The highest BCUT2D eigenvalue weighted by Gasteiger charge is 2.18. The van der Waals surface area contributed by atoms with Crippen LogP contribution in [0.15, 0.2) is 10.7 Å². The van der Waals surface area contributed by atoms with Crippen molar-refractivity contribution in [2.45, 2.75) is 6.61 Å². The molecule has 0 saturated heterocycles. The topological polar surface area (TPSA) is 51.8 Å². The Labute approximate surface area is 58.7 Å². The van der Waals surface area contributed by atoms with Gasteiger partial charge in [0.05, 0.1) is 0 Å². The predicted octanol–water partition coefficient (Wildman–Crippen LogP) is 1.40. The molecule has 0 saturated carbocycles. The summed E-state index contributed by atoms with van der Waals surface area (Å²) in [5, 5.41) is 9.03. The molecule has 1 aliphatic rings. The molecular formula is C5H5O4P. The maximum Gasteiger partial charge on any atom is 0.216 e. The molecule has 1 aliphatic heterocycles. The zero-order valence-corrected chi connectivity index (χ0v) is 5.96. The number of fused-ring (bicyclic) bond motifs is 1. The van der Waals surface area contributed by atoms with Gasteiger partial charge in [0.1, 0.15) is 12.9 Å². The van der Waals surface area contributed by atoms with Crippen LogP contribution in [-0.2, 0) is 11.1 Å². The van der Waals surface area contributed by atoms with Crippen LogP contribution in [0, 0.1) is 0 Å². The van der Waals surface area contributed by atoms with Crippen LogP contribution in [0.5, 0.6) is 11.5 Å². The fourth-order valence-electron chi connectivity index (χ4n) is 0.752. The fraction of sp³-hybridized carbons (Fsp3) is 0.200. The molecule has 4 nitrogen and oxygen atoms in total. The number of aromatic hydroxyl groups is 1. The van der Waals surface area contributed by atoms with Crippen LogP contribution >= 0.6 is 9.03 Å². The summed E-state index contributed by atoms with van der Waals surface area (Å²) in [7, 11) is -0.0379. The normalized spacial score (nSPS) is 18.4. The van der Waals surface area contributed by atoms with Crippen molar-refractivity contribution in [3.8, 4) is 11.5 Å². The van der Waals surface area contributed by atoms with Crippen molar-refractivity contribution >= 4 is 9.03 Å². The predicted molar refractivity (Wildman–Crippen MR) is 34.1 cm³/mol. The molecule has 1 aromatic heterocycles. The molecule has 54 valence electrons. The Kier molecular flexibility index (Phi) is 1.29. The third kappa shape index (κ3) is 0.770. The van der Waals surface area contributed by atoms with Crippen molar-refractivity contribution in [1.82, 2.24) is 0 Å². The minimum absolute atomic E-state index is 0.0379. The Balaban J connectivity index is 2.45. The van der Waals surface area contributed by atoms with Gasteiger partial charge in [-0.25, -0.2) is 0 Å². The molecule has 1 unspecified atom stereocenters. The van der Waals surface area contributed by atoms with Crippen LogP contribution in [0.3, 0.4) is 0 Å². The molecule has 1 atom stereocenters. The molecule has 2 rings (SSSR count). The van der Waals surface area contributed by atoms with Crippen LogP contribution in [-0.4, -0.2) is 5.11 Å². The van der Waals surface area contributed by atoms with Gasteiger partial charge in [-0.3, -0.25) is 0 Å². The monoisotopic (exact) mass is 160 g/mol. The Bertz CT molecular complexity index is 244. The van der Waals surface area contributed by atoms with E-state index in [4.69, 9.17) is 18.6 Å². The van der Waals surface area contributed by atoms with Crippen LogP contribution in [0.25, 0.3) is 0 Å². The van der Waals surface area contributed by atoms with Gasteiger partial charge in [0, 0.05) is 0 Å². The van der Waals surface area contributed by atoms with E-state index >= 15 is 0 Å². The summed E-state index contributed by atoms with van der Waals surface area (Å²) in [6.07, 6.45) is 1.24. The molecule has 0 bridgehead atoms. The van der Waals surface area contributed by atoms with Gasteiger partial charge in [0.15, 0.2) is 11.5 Å². The molecule has 0 fully saturated rings. The summed E-state index contributed by atoms with van der Waals surface area (Å²) in [4.78, 5) is 0. The lowest BCUT2D eigenvalue weighted by molar-refractivity contribution is 0.254. The number of hydrogen-bond donors (Lipinski definition) is 1. The molecule has 0 aromatic carbocycles. The quantitative estimate of drug-likeness (QED) is 0.583. The molecule has 5 heteroatoms. The number of rotatable bonds is 0. The van der Waals surface area contributed by atoms with Crippen molar-refractivity contribution in [1.29, 1.82) is 0 Å². The largest absolute Gasteiger partial charge is 0.502 e. The second-order valence-corrected chi connectivity index (χ2v) is 2.51. The average molecular weight is 160 g/mol. The van der Waals surface area contributed by atoms with E-state index in [2.05, 4.69) is 0 Å². The minimum atomic E-state index is -0.0379. The smallest absolute Gasteiger partial charge is 0.216 e. The van der Waals surface area contributed by atoms with Crippen LogP contribution < -0.4 is 4.52 Å². The summed E-state index contributed by atoms with van der Waals surface area (Å²) in [5.41, 5.74) is 0. The summed E-state index contributed by atoms with van der Waals surface area (Å²) >= 11 is 0. The highest BCUT2D eigenvalue weighted by Crippen LogP contribution is 2.41. The number of hydrogen-bond acceptors (Lipinski definition) is 4. The van der Waals surface area contributed by atoms with Crippen LogP contribution in [0.4, 0.5) is 0 Å². The lowest BCUT2D eigenvalue weighted by Gasteiger charge is -2.10. The Morgan fingerprint density at radius 2 is 2.50 bits per heavy atom. The second kappa shape index (κ2) is 2.15. The van der Waals surface area contributed by atoms with Gasteiger partial charge < -0.3 is 18.6 Å². The summed E-state index contributed by atoms with van der Waals surface area (Å²) in [6.45, 7) is 0.383. The zero-order valence-electron chi connectivity index (χ0n) is 4.96. The Morgan fingerprint density at radius 3 is 3.30 bits per heavy atom. The fourth-order valence-corrected chi connectivity index (χ4v) is 1.30. The van der Waals surface area contributed by atoms with Crippen molar-refractivity contribution in [3.05, 3.63) is 12.0 Å². The van der Waals surface area contributed by atoms with E-state index in [-0.39, 0.29) is 14.8 Å². The molecule has 10 heavy (non-hydrogen) atoms. The molecule has 0 amide bonds. The van der Waals surface area contributed by atoms with E-state index in [0.717, 1.165) is 0 Å². The first-order chi connectivity index (χ1) is 4.88. The highest BCUT2D eigenvalue weighted by molar-refractivity contribution is 7.26. The van der Waals surface area contributed by atoms with E-state index in [0.29, 0.717) is 18.1 Å². The zero-order chi connectivity index (χ0) is 6.97. The standard InChI is InChI=1S/C5H5O4P/c6-3-1-7-4-2-8-10-9-5(3)4/h1,6,10H,2H2. The lowest BCUT2D eigenvalue weighted by Crippen LogP contribution is -1.93. The molecule has 0 spiro atoms. The van der Waals surface area contributed by atoms with E-state index in [1.807, 2.05) is 0 Å².